The first-order chi connectivity index (χ1) is 24.1. The highest BCUT2D eigenvalue weighted by atomic mass is 16.5. The van der Waals surface area contributed by atoms with Crippen LogP contribution in [-0.4, -0.2) is 16.0 Å². The molecule has 7 aromatic rings. The normalized spacial score (nSPS) is 15.1. The monoisotopic (exact) mass is 629 g/mol. The van der Waals surface area contributed by atoms with Crippen LogP contribution < -0.4 is 10.1 Å². The molecule has 0 radical (unpaired) electrons. The van der Waals surface area contributed by atoms with Crippen molar-refractivity contribution >= 4 is 16.5 Å². The Balaban J connectivity index is 1.24. The fourth-order valence-corrected chi connectivity index (χ4v) is 7.94. The molecule has 232 valence electrons. The smallest absolute Gasteiger partial charge is 0.160 e. The van der Waals surface area contributed by atoms with Gasteiger partial charge >= 0.3 is 0 Å². The first-order valence-corrected chi connectivity index (χ1v) is 16.8. The van der Waals surface area contributed by atoms with Crippen LogP contribution in [0.1, 0.15) is 19.7 Å². The van der Waals surface area contributed by atoms with Crippen molar-refractivity contribution in [1.82, 2.24) is 15.3 Å². The van der Waals surface area contributed by atoms with Gasteiger partial charge in [-0.25, -0.2) is 9.97 Å². The molecule has 0 spiro atoms. The predicted octanol–water partition coefficient (Wildman–Crippen LogP) is 11.3. The number of rotatable bonds is 3. The zero-order chi connectivity index (χ0) is 32.6. The molecule has 4 heteroatoms. The summed E-state index contributed by atoms with van der Waals surface area (Å²) in [5.41, 5.74) is 16.8. The second kappa shape index (κ2) is 10.6. The third kappa shape index (κ3) is 4.31. The second-order valence-corrected chi connectivity index (χ2v) is 13.1. The van der Waals surface area contributed by atoms with E-state index in [2.05, 4.69) is 153 Å². The van der Waals surface area contributed by atoms with Crippen LogP contribution in [0, 0.1) is 0 Å². The van der Waals surface area contributed by atoms with Gasteiger partial charge in [0.25, 0.3) is 0 Å². The summed E-state index contributed by atoms with van der Waals surface area (Å²) in [6, 6.07) is 45.6. The van der Waals surface area contributed by atoms with Crippen LogP contribution in [-0.2, 0) is 0 Å². The molecular weight excluding hydrogens is 599 g/mol. The Morgan fingerprint density at radius 1 is 0.571 bits per heavy atom. The Morgan fingerprint density at radius 3 is 2.10 bits per heavy atom. The Kier molecular flexibility index (Phi) is 6.03. The first kappa shape index (κ1) is 27.8. The van der Waals surface area contributed by atoms with Crippen molar-refractivity contribution in [2.24, 2.45) is 0 Å². The van der Waals surface area contributed by atoms with E-state index in [1.807, 2.05) is 6.07 Å². The van der Waals surface area contributed by atoms with E-state index in [-0.39, 0.29) is 6.04 Å². The zero-order valence-electron chi connectivity index (χ0n) is 27.2. The molecule has 10 rings (SSSR count). The number of hydrogen-bond donors (Lipinski definition) is 1. The average Bonchev–Trinajstić information content (AvgIpc) is 3.17. The minimum absolute atomic E-state index is 0.205. The van der Waals surface area contributed by atoms with Crippen LogP contribution >= 0.6 is 0 Å². The van der Waals surface area contributed by atoms with Crippen molar-refractivity contribution in [1.29, 1.82) is 0 Å². The van der Waals surface area contributed by atoms with E-state index in [0.29, 0.717) is 0 Å². The van der Waals surface area contributed by atoms with Crippen molar-refractivity contribution in [3.63, 3.8) is 0 Å². The van der Waals surface area contributed by atoms with Gasteiger partial charge in [0.05, 0.1) is 11.2 Å². The number of allylic oxidation sites excluding steroid dienone is 3. The van der Waals surface area contributed by atoms with Gasteiger partial charge < -0.3 is 10.1 Å². The van der Waals surface area contributed by atoms with Crippen LogP contribution in [0.5, 0.6) is 11.5 Å². The van der Waals surface area contributed by atoms with E-state index in [0.717, 1.165) is 67.4 Å². The van der Waals surface area contributed by atoms with Gasteiger partial charge in [-0.2, -0.15) is 0 Å². The number of benzene rings is 6. The van der Waals surface area contributed by atoms with Crippen LogP contribution in [0.25, 0.3) is 83.4 Å². The summed E-state index contributed by atoms with van der Waals surface area (Å²) in [6.45, 7) is 4.24. The number of nitrogens with zero attached hydrogens (tertiary/aromatic N) is 2. The van der Waals surface area contributed by atoms with Gasteiger partial charge in [-0.15, -0.1) is 0 Å². The lowest BCUT2D eigenvalue weighted by atomic mass is 9.83. The number of para-hydroxylation sites is 2. The molecule has 3 aliphatic rings. The molecule has 1 atom stereocenters. The van der Waals surface area contributed by atoms with E-state index in [4.69, 9.17) is 14.7 Å². The summed E-state index contributed by atoms with van der Waals surface area (Å²) in [5.74, 6) is 2.49. The number of hydrogen-bond acceptors (Lipinski definition) is 4. The maximum Gasteiger partial charge on any atom is 0.160 e. The molecule has 6 bridgehead atoms. The van der Waals surface area contributed by atoms with E-state index >= 15 is 0 Å². The zero-order valence-corrected chi connectivity index (χ0v) is 27.2. The summed E-state index contributed by atoms with van der Waals surface area (Å²) < 4.78 is 6.72. The molecule has 2 aliphatic heterocycles. The molecule has 0 amide bonds. The van der Waals surface area contributed by atoms with Crippen LogP contribution in [0.2, 0.25) is 0 Å². The van der Waals surface area contributed by atoms with E-state index in [9.17, 15) is 0 Å². The Labute approximate surface area is 285 Å². The predicted molar refractivity (Wildman–Crippen MR) is 200 cm³/mol. The van der Waals surface area contributed by atoms with E-state index < -0.39 is 0 Å². The minimum atomic E-state index is 0.205. The summed E-state index contributed by atoms with van der Waals surface area (Å²) in [6.07, 6.45) is 4.33. The molecular formula is C45H31N3O. The highest BCUT2D eigenvalue weighted by molar-refractivity contribution is 6.12. The SMILES string of the molecule is CC1=CC(c2nc(-c3cccc(-c4ccc5c6c4-c4ccccc4-c4c(cccc4-5)Oc4ccccc4-6)c3)c3ccccc3n2)=CC(C)N1. The number of ether oxygens (including phenoxy) is 1. The molecule has 49 heavy (non-hydrogen) atoms. The lowest BCUT2D eigenvalue weighted by Gasteiger charge is -2.23. The van der Waals surface area contributed by atoms with Crippen LogP contribution in [0.15, 0.2) is 145 Å². The van der Waals surface area contributed by atoms with Crippen LogP contribution in [0.3, 0.4) is 0 Å². The average molecular weight is 630 g/mol. The van der Waals surface area contributed by atoms with Crippen molar-refractivity contribution in [3.05, 3.63) is 151 Å². The molecule has 6 aromatic carbocycles. The highest BCUT2D eigenvalue weighted by Gasteiger charge is 2.31. The fraction of sp³-hybridized carbons (Fsp3) is 0.0667. The van der Waals surface area contributed by atoms with Gasteiger partial charge in [-0.3, -0.25) is 0 Å². The molecule has 1 N–H and O–H groups in total. The lowest BCUT2D eigenvalue weighted by Crippen LogP contribution is -2.25. The topological polar surface area (TPSA) is 47.0 Å². The summed E-state index contributed by atoms with van der Waals surface area (Å²) in [4.78, 5) is 10.3. The third-order valence-corrected chi connectivity index (χ3v) is 9.93. The largest absolute Gasteiger partial charge is 0.456 e. The number of dihydropyridines is 1. The van der Waals surface area contributed by atoms with E-state index in [1.54, 1.807) is 0 Å². The Hall–Kier alpha value is -6.26. The van der Waals surface area contributed by atoms with Gasteiger partial charge in [-0.05, 0) is 83.1 Å². The minimum Gasteiger partial charge on any atom is -0.456 e. The first-order valence-electron chi connectivity index (χ1n) is 16.8. The Morgan fingerprint density at radius 2 is 1.22 bits per heavy atom. The summed E-state index contributed by atoms with van der Waals surface area (Å²) in [5, 5.41) is 4.50. The maximum atomic E-state index is 6.72. The molecule has 0 saturated carbocycles. The molecule has 0 fully saturated rings. The molecule has 1 aliphatic carbocycles. The second-order valence-electron chi connectivity index (χ2n) is 13.1. The molecule has 0 saturated heterocycles. The Bertz CT molecular complexity index is 2590. The highest BCUT2D eigenvalue weighted by Crippen LogP contribution is 2.58. The molecule has 1 unspecified atom stereocenters. The van der Waals surface area contributed by atoms with Crippen molar-refractivity contribution < 1.29 is 4.74 Å². The number of fused-ring (bicyclic) bond motifs is 4. The van der Waals surface area contributed by atoms with Gasteiger partial charge in [0, 0.05) is 45.0 Å². The van der Waals surface area contributed by atoms with E-state index in [1.165, 1.54) is 38.9 Å². The van der Waals surface area contributed by atoms with Crippen molar-refractivity contribution in [2.75, 3.05) is 0 Å². The van der Waals surface area contributed by atoms with Gasteiger partial charge in [0.1, 0.15) is 11.5 Å². The maximum absolute atomic E-state index is 6.72. The summed E-state index contributed by atoms with van der Waals surface area (Å²) >= 11 is 0. The molecule has 3 heterocycles. The molecule has 1 aromatic heterocycles. The fourth-order valence-electron chi connectivity index (χ4n) is 7.94. The number of aromatic nitrogens is 2. The summed E-state index contributed by atoms with van der Waals surface area (Å²) in [7, 11) is 0. The van der Waals surface area contributed by atoms with Gasteiger partial charge in [0.15, 0.2) is 5.82 Å². The lowest BCUT2D eigenvalue weighted by molar-refractivity contribution is 0.486. The third-order valence-electron chi connectivity index (χ3n) is 9.93. The standard InChI is InChI=1S/C45H31N3O/c1-26-23-30(24-27(2)46-26)45-47-38-18-7-5-15-36(38)44(48-45)29-12-9-11-28(25-29)31-21-22-35-33-17-10-20-40-41(33)32-13-3-4-14-34(32)42(31)43(35)37-16-6-8-19-39(37)49-40/h3-26,46H,1-2H3. The van der Waals surface area contributed by atoms with Crippen LogP contribution in [0.4, 0.5) is 0 Å². The van der Waals surface area contributed by atoms with Gasteiger partial charge in [-0.1, -0.05) is 109 Å². The van der Waals surface area contributed by atoms with Crippen molar-refractivity contribution in [2.45, 2.75) is 19.9 Å². The quantitative estimate of drug-likeness (QED) is 0.211. The van der Waals surface area contributed by atoms with Crippen molar-refractivity contribution in [3.8, 4) is 78.4 Å². The number of nitrogens with one attached hydrogen (secondary N) is 1. The molecule has 4 nitrogen and oxygen atoms in total. The van der Waals surface area contributed by atoms with Gasteiger partial charge in [0.2, 0.25) is 0 Å².